The number of benzene rings is 1. The standard InChI is InChI=1S/C25H38N2O7/c1-13(23(31)27-17-18(28)20(30)22-21(19(17)29)33-12-34-22)9-14-7-8-16(15(26)10-14)32-11-25(5,6)24(2,3)4/h7-10,17-22,28-30H,11-12,26H2,1-6H3,(H,27,31)/b13-9+/t17?,18-,19+,20+,21-,22+/m0/s1. The van der Waals surface area contributed by atoms with Crippen molar-refractivity contribution in [3.63, 3.8) is 0 Å². The van der Waals surface area contributed by atoms with E-state index in [1.165, 1.54) is 0 Å². The first-order valence-electron chi connectivity index (χ1n) is 11.5. The fraction of sp³-hybridized carbons (Fsp3) is 0.640. The summed E-state index contributed by atoms with van der Waals surface area (Å²) in [5.41, 5.74) is 7.67. The Kier molecular flexibility index (Phi) is 7.64. The molecule has 190 valence electrons. The summed E-state index contributed by atoms with van der Waals surface area (Å²) in [5.74, 6) is 0.0749. The molecule has 9 nitrogen and oxygen atoms in total. The van der Waals surface area contributed by atoms with Crippen LogP contribution in [0.25, 0.3) is 6.08 Å². The number of hydrogen-bond acceptors (Lipinski definition) is 8. The number of nitrogen functional groups attached to an aromatic ring is 1. The highest BCUT2D eigenvalue weighted by Gasteiger charge is 2.53. The Morgan fingerprint density at radius 1 is 1.12 bits per heavy atom. The molecule has 0 radical (unpaired) electrons. The maximum Gasteiger partial charge on any atom is 0.247 e. The highest BCUT2D eigenvalue weighted by atomic mass is 16.7. The fourth-order valence-electron chi connectivity index (χ4n) is 3.80. The van der Waals surface area contributed by atoms with Gasteiger partial charge in [0.2, 0.25) is 5.91 Å². The number of aliphatic hydroxyl groups excluding tert-OH is 3. The van der Waals surface area contributed by atoms with E-state index in [4.69, 9.17) is 19.9 Å². The molecule has 6 N–H and O–H groups in total. The van der Waals surface area contributed by atoms with Gasteiger partial charge in [0.15, 0.2) is 0 Å². The fourth-order valence-corrected chi connectivity index (χ4v) is 3.80. The predicted octanol–water partition coefficient (Wildman–Crippen LogP) is 1.45. The van der Waals surface area contributed by atoms with Crippen LogP contribution in [0.5, 0.6) is 5.75 Å². The lowest BCUT2D eigenvalue weighted by Crippen LogP contribution is -2.67. The van der Waals surface area contributed by atoms with E-state index >= 15 is 0 Å². The number of rotatable bonds is 6. The van der Waals surface area contributed by atoms with Gasteiger partial charge < -0.3 is 40.6 Å². The van der Waals surface area contributed by atoms with Crippen molar-refractivity contribution in [1.82, 2.24) is 5.32 Å². The first kappa shape index (κ1) is 26.4. The van der Waals surface area contributed by atoms with Gasteiger partial charge in [-0.1, -0.05) is 40.7 Å². The monoisotopic (exact) mass is 478 g/mol. The molecule has 1 aromatic rings. The van der Waals surface area contributed by atoms with E-state index in [9.17, 15) is 20.1 Å². The van der Waals surface area contributed by atoms with Crippen molar-refractivity contribution < 1.29 is 34.3 Å². The minimum atomic E-state index is -1.40. The number of ether oxygens (including phenoxy) is 3. The van der Waals surface area contributed by atoms with Crippen LogP contribution < -0.4 is 15.8 Å². The number of fused-ring (bicyclic) bond motifs is 1. The first-order valence-corrected chi connectivity index (χ1v) is 11.5. The van der Waals surface area contributed by atoms with Gasteiger partial charge in [0.1, 0.15) is 43.1 Å². The van der Waals surface area contributed by atoms with E-state index in [0.717, 1.165) is 0 Å². The molecular formula is C25H38N2O7. The summed E-state index contributed by atoms with van der Waals surface area (Å²) >= 11 is 0. The van der Waals surface area contributed by atoms with Gasteiger partial charge in [-0.15, -0.1) is 0 Å². The lowest BCUT2D eigenvalue weighted by molar-refractivity contribution is -0.155. The molecule has 1 aromatic carbocycles. The minimum absolute atomic E-state index is 0.0578. The van der Waals surface area contributed by atoms with E-state index in [2.05, 4.69) is 39.9 Å². The van der Waals surface area contributed by atoms with Gasteiger partial charge in [0.25, 0.3) is 0 Å². The molecule has 0 spiro atoms. The Labute approximate surface area is 200 Å². The van der Waals surface area contributed by atoms with Crippen LogP contribution in [0.2, 0.25) is 0 Å². The van der Waals surface area contributed by atoms with Gasteiger partial charge in [-0.05, 0) is 36.1 Å². The molecule has 34 heavy (non-hydrogen) atoms. The second-order valence-corrected chi connectivity index (χ2v) is 10.9. The predicted molar refractivity (Wildman–Crippen MR) is 128 cm³/mol. The zero-order valence-electron chi connectivity index (χ0n) is 20.7. The van der Waals surface area contributed by atoms with Crippen molar-refractivity contribution in [3.05, 3.63) is 29.3 Å². The van der Waals surface area contributed by atoms with Crippen LogP contribution in [-0.2, 0) is 14.3 Å². The Bertz CT molecular complexity index is 924. The van der Waals surface area contributed by atoms with E-state index < -0.39 is 42.5 Å². The molecule has 0 aromatic heterocycles. The third kappa shape index (κ3) is 5.39. The lowest BCUT2D eigenvalue weighted by Gasteiger charge is -2.41. The SMILES string of the molecule is C/C(=C\c1ccc(OCC(C)(C)C(C)(C)C)c(N)c1)C(=O)NC1[C@@H](O)[C@@H]2OCO[C@@H]2[C@H](O)[C@H]1O. The molecule has 9 heteroatoms. The summed E-state index contributed by atoms with van der Waals surface area (Å²) in [6, 6.07) is 4.18. The van der Waals surface area contributed by atoms with Crippen LogP contribution in [0.3, 0.4) is 0 Å². The molecule has 2 fully saturated rings. The highest BCUT2D eigenvalue weighted by molar-refractivity contribution is 5.97. The molecule has 1 aliphatic carbocycles. The quantitative estimate of drug-likeness (QED) is 0.305. The lowest BCUT2D eigenvalue weighted by atomic mass is 9.70. The number of carbonyl (C=O) groups is 1. The summed E-state index contributed by atoms with van der Waals surface area (Å²) in [6.07, 6.45) is -3.95. The minimum Gasteiger partial charge on any atom is -0.491 e. The number of nitrogens with two attached hydrogens (primary N) is 1. The zero-order chi connectivity index (χ0) is 25.4. The number of amides is 1. The number of anilines is 1. The van der Waals surface area contributed by atoms with Crippen LogP contribution >= 0.6 is 0 Å². The molecular weight excluding hydrogens is 440 g/mol. The second-order valence-electron chi connectivity index (χ2n) is 10.9. The van der Waals surface area contributed by atoms with Crippen molar-refractivity contribution >= 4 is 17.7 Å². The Balaban J connectivity index is 1.66. The third-order valence-electron chi connectivity index (χ3n) is 7.30. The Morgan fingerprint density at radius 2 is 1.74 bits per heavy atom. The number of aliphatic hydroxyl groups is 3. The third-order valence-corrected chi connectivity index (χ3v) is 7.30. The molecule has 1 heterocycles. The van der Waals surface area contributed by atoms with E-state index in [0.29, 0.717) is 29.2 Å². The van der Waals surface area contributed by atoms with Gasteiger partial charge in [-0.3, -0.25) is 4.79 Å². The van der Waals surface area contributed by atoms with Crippen molar-refractivity contribution in [2.24, 2.45) is 10.8 Å². The van der Waals surface area contributed by atoms with Crippen LogP contribution in [0.15, 0.2) is 23.8 Å². The molecule has 3 rings (SSSR count). The smallest absolute Gasteiger partial charge is 0.247 e. The zero-order valence-corrected chi connectivity index (χ0v) is 20.7. The van der Waals surface area contributed by atoms with Gasteiger partial charge in [-0.25, -0.2) is 0 Å². The van der Waals surface area contributed by atoms with Crippen molar-refractivity contribution in [2.45, 2.75) is 78.1 Å². The van der Waals surface area contributed by atoms with Crippen LogP contribution in [0, 0.1) is 10.8 Å². The Hall–Kier alpha value is -2.17. The maximum atomic E-state index is 12.8. The highest BCUT2D eigenvalue weighted by Crippen LogP contribution is 2.39. The summed E-state index contributed by atoms with van der Waals surface area (Å²) in [7, 11) is 0. The summed E-state index contributed by atoms with van der Waals surface area (Å²) in [6.45, 7) is 12.8. The first-order chi connectivity index (χ1) is 15.7. The van der Waals surface area contributed by atoms with Crippen LogP contribution in [-0.4, -0.2) is 71.2 Å². The van der Waals surface area contributed by atoms with Crippen LogP contribution in [0.1, 0.15) is 47.1 Å². The van der Waals surface area contributed by atoms with E-state index in [1.54, 1.807) is 31.2 Å². The Morgan fingerprint density at radius 3 is 2.32 bits per heavy atom. The molecule has 2 aliphatic rings. The number of nitrogens with one attached hydrogen (secondary N) is 1. The molecule has 0 bridgehead atoms. The van der Waals surface area contributed by atoms with Crippen molar-refractivity contribution in [2.75, 3.05) is 19.1 Å². The summed E-state index contributed by atoms with van der Waals surface area (Å²) in [4.78, 5) is 12.8. The number of carbonyl (C=O) groups excluding carboxylic acids is 1. The largest absolute Gasteiger partial charge is 0.491 e. The molecule has 1 saturated heterocycles. The molecule has 1 unspecified atom stereocenters. The molecule has 1 amide bonds. The van der Waals surface area contributed by atoms with Crippen molar-refractivity contribution in [3.8, 4) is 5.75 Å². The summed E-state index contributed by atoms with van der Waals surface area (Å²) in [5, 5.41) is 33.8. The van der Waals surface area contributed by atoms with Crippen LogP contribution in [0.4, 0.5) is 5.69 Å². The average Bonchev–Trinajstić information content (AvgIpc) is 3.24. The van der Waals surface area contributed by atoms with E-state index in [1.807, 2.05) is 0 Å². The maximum absolute atomic E-state index is 12.8. The molecule has 6 atom stereocenters. The van der Waals surface area contributed by atoms with E-state index in [-0.39, 0.29) is 17.6 Å². The van der Waals surface area contributed by atoms with Gasteiger partial charge in [0.05, 0.1) is 18.3 Å². The van der Waals surface area contributed by atoms with Gasteiger partial charge >= 0.3 is 0 Å². The summed E-state index contributed by atoms with van der Waals surface area (Å²) < 4.78 is 16.5. The average molecular weight is 479 g/mol. The topological polar surface area (TPSA) is 144 Å². The second kappa shape index (κ2) is 9.83. The molecule has 1 saturated carbocycles. The number of hydrogen-bond donors (Lipinski definition) is 5. The van der Waals surface area contributed by atoms with Gasteiger partial charge in [0, 0.05) is 11.0 Å². The molecule has 1 aliphatic heterocycles. The normalized spacial score (nSPS) is 30.1. The van der Waals surface area contributed by atoms with Gasteiger partial charge in [-0.2, -0.15) is 0 Å². The van der Waals surface area contributed by atoms with Crippen molar-refractivity contribution in [1.29, 1.82) is 0 Å².